The Morgan fingerprint density at radius 2 is 1.75 bits per heavy atom. The van der Waals surface area contributed by atoms with Crippen molar-refractivity contribution in [1.82, 2.24) is 5.43 Å². The molecule has 3 rings (SSSR count). The number of hydrazone groups is 1. The van der Waals surface area contributed by atoms with E-state index in [1.807, 2.05) is 18.2 Å². The Kier molecular flexibility index (Phi) is 8.08. The lowest BCUT2D eigenvalue weighted by molar-refractivity contribution is -0.123. The van der Waals surface area contributed by atoms with Crippen LogP contribution in [-0.2, 0) is 4.79 Å². The number of nitrogens with one attached hydrogen (secondary N) is 1. The van der Waals surface area contributed by atoms with Crippen LogP contribution in [0.5, 0.6) is 17.2 Å². The second-order valence-electron chi connectivity index (χ2n) is 6.32. The Morgan fingerprint density at radius 1 is 0.969 bits per heavy atom. The molecule has 0 atom stereocenters. The van der Waals surface area contributed by atoms with Gasteiger partial charge in [-0.2, -0.15) is 5.10 Å². The summed E-state index contributed by atoms with van der Waals surface area (Å²) in [6, 6.07) is 18.2. The fourth-order valence-electron chi connectivity index (χ4n) is 2.51. The highest BCUT2D eigenvalue weighted by atomic mass is 35.5. The molecule has 164 valence electrons. The van der Waals surface area contributed by atoms with Crippen LogP contribution in [0.3, 0.4) is 0 Å². The Labute approximate surface area is 194 Å². The fourth-order valence-corrected chi connectivity index (χ4v) is 2.81. The lowest BCUT2D eigenvalue weighted by Gasteiger charge is -2.10. The highest BCUT2D eigenvalue weighted by Gasteiger charge is 2.14. The van der Waals surface area contributed by atoms with Gasteiger partial charge in [0.05, 0.1) is 28.9 Å². The number of esters is 1. The number of carbonyl (C=O) groups is 2. The lowest BCUT2D eigenvalue weighted by atomic mass is 10.2. The van der Waals surface area contributed by atoms with Crippen LogP contribution in [0.4, 0.5) is 0 Å². The van der Waals surface area contributed by atoms with E-state index >= 15 is 0 Å². The van der Waals surface area contributed by atoms with E-state index in [4.69, 9.17) is 37.4 Å². The van der Waals surface area contributed by atoms with Crippen molar-refractivity contribution >= 4 is 41.3 Å². The molecule has 0 spiro atoms. The Morgan fingerprint density at radius 3 is 2.47 bits per heavy atom. The Bertz CT molecular complexity index is 1140. The average molecular weight is 473 g/mol. The molecule has 0 saturated heterocycles. The number of ether oxygens (including phenoxy) is 3. The normalized spacial score (nSPS) is 10.6. The van der Waals surface area contributed by atoms with E-state index in [0.29, 0.717) is 22.1 Å². The number of nitrogens with zero attached hydrogens (tertiary/aromatic N) is 1. The van der Waals surface area contributed by atoms with E-state index in [1.165, 1.54) is 31.5 Å². The van der Waals surface area contributed by atoms with Gasteiger partial charge in [-0.05, 0) is 54.1 Å². The fraction of sp³-hybridized carbons (Fsp3) is 0.0870. The van der Waals surface area contributed by atoms with Gasteiger partial charge >= 0.3 is 5.97 Å². The molecule has 32 heavy (non-hydrogen) atoms. The van der Waals surface area contributed by atoms with Crippen molar-refractivity contribution in [2.24, 2.45) is 5.10 Å². The molecule has 0 aliphatic rings. The van der Waals surface area contributed by atoms with Crippen molar-refractivity contribution in [2.75, 3.05) is 13.7 Å². The molecule has 0 fully saturated rings. The number of benzene rings is 3. The molecule has 0 heterocycles. The smallest absolute Gasteiger partial charge is 0.343 e. The quantitative estimate of drug-likeness (QED) is 0.221. The number of methoxy groups -OCH3 is 1. The predicted octanol–water partition coefficient (Wildman–Crippen LogP) is 4.75. The van der Waals surface area contributed by atoms with Crippen LogP contribution in [0, 0.1) is 0 Å². The van der Waals surface area contributed by atoms with E-state index in [1.54, 1.807) is 30.3 Å². The van der Waals surface area contributed by atoms with Crippen LogP contribution in [0.1, 0.15) is 15.9 Å². The van der Waals surface area contributed by atoms with E-state index < -0.39 is 11.9 Å². The first-order chi connectivity index (χ1) is 15.5. The lowest BCUT2D eigenvalue weighted by Crippen LogP contribution is -2.24. The summed E-state index contributed by atoms with van der Waals surface area (Å²) in [7, 11) is 1.44. The summed E-state index contributed by atoms with van der Waals surface area (Å²) < 4.78 is 16.0. The van der Waals surface area contributed by atoms with E-state index in [-0.39, 0.29) is 22.9 Å². The molecule has 0 radical (unpaired) electrons. The highest BCUT2D eigenvalue weighted by Crippen LogP contribution is 2.29. The third kappa shape index (κ3) is 6.47. The number of hydrogen-bond acceptors (Lipinski definition) is 6. The number of para-hydroxylation sites is 1. The number of hydrogen-bond donors (Lipinski definition) is 1. The molecule has 0 aromatic heterocycles. The van der Waals surface area contributed by atoms with Gasteiger partial charge in [0.25, 0.3) is 5.91 Å². The van der Waals surface area contributed by atoms with E-state index in [2.05, 4.69) is 10.5 Å². The van der Waals surface area contributed by atoms with Crippen molar-refractivity contribution in [1.29, 1.82) is 0 Å². The van der Waals surface area contributed by atoms with Crippen molar-refractivity contribution in [3.8, 4) is 17.2 Å². The summed E-state index contributed by atoms with van der Waals surface area (Å²) in [6.45, 7) is -0.172. The number of rotatable bonds is 8. The second-order valence-corrected chi connectivity index (χ2v) is 7.14. The van der Waals surface area contributed by atoms with Crippen molar-refractivity contribution in [3.05, 3.63) is 87.9 Å². The van der Waals surface area contributed by atoms with Gasteiger partial charge in [-0.3, -0.25) is 4.79 Å². The third-order valence-corrected chi connectivity index (χ3v) is 4.80. The minimum absolute atomic E-state index is 0.172. The van der Waals surface area contributed by atoms with Gasteiger partial charge < -0.3 is 14.2 Å². The summed E-state index contributed by atoms with van der Waals surface area (Å²) in [5, 5.41) is 4.47. The van der Waals surface area contributed by atoms with Crippen molar-refractivity contribution in [3.63, 3.8) is 0 Å². The average Bonchev–Trinajstić information content (AvgIpc) is 2.81. The number of halogens is 2. The molecule has 0 unspecified atom stereocenters. The summed E-state index contributed by atoms with van der Waals surface area (Å²) in [5.41, 5.74) is 3.23. The molecular weight excluding hydrogens is 455 g/mol. The standard InChI is InChI=1S/C23H18Cl2N2O5/c1-30-21-11-15(13-26-27-22(28)14-31-17-5-3-2-4-6-17)7-10-20(21)32-23(29)16-8-9-18(24)19(25)12-16/h2-13H,14H2,1H3,(H,27,28). The zero-order chi connectivity index (χ0) is 22.9. The molecule has 3 aromatic rings. The molecular formula is C23H18Cl2N2O5. The zero-order valence-electron chi connectivity index (χ0n) is 16.9. The van der Waals surface area contributed by atoms with Gasteiger partial charge in [-0.1, -0.05) is 41.4 Å². The van der Waals surface area contributed by atoms with Crippen LogP contribution in [-0.4, -0.2) is 31.8 Å². The Hall–Kier alpha value is -3.55. The Balaban J connectivity index is 1.58. The maximum absolute atomic E-state index is 12.4. The molecule has 9 heteroatoms. The number of carbonyl (C=O) groups excluding carboxylic acids is 2. The van der Waals surface area contributed by atoms with Crippen molar-refractivity contribution < 1.29 is 23.8 Å². The first-order valence-electron chi connectivity index (χ1n) is 9.31. The summed E-state index contributed by atoms with van der Waals surface area (Å²) in [6.07, 6.45) is 1.42. The molecule has 7 nitrogen and oxygen atoms in total. The summed E-state index contributed by atoms with van der Waals surface area (Å²) >= 11 is 11.8. The van der Waals surface area contributed by atoms with Crippen LogP contribution < -0.4 is 19.6 Å². The SMILES string of the molecule is COc1cc(C=NNC(=O)COc2ccccc2)ccc1OC(=O)c1ccc(Cl)c(Cl)c1. The van der Waals surface area contributed by atoms with Crippen LogP contribution >= 0.6 is 23.2 Å². The van der Waals surface area contributed by atoms with Gasteiger partial charge in [-0.25, -0.2) is 10.2 Å². The molecule has 0 aliphatic carbocycles. The van der Waals surface area contributed by atoms with Crippen LogP contribution in [0.2, 0.25) is 10.0 Å². The predicted molar refractivity (Wildman–Crippen MR) is 122 cm³/mol. The minimum atomic E-state index is -0.617. The summed E-state index contributed by atoms with van der Waals surface area (Å²) in [4.78, 5) is 24.2. The molecule has 0 bridgehead atoms. The van der Waals surface area contributed by atoms with Gasteiger partial charge in [-0.15, -0.1) is 0 Å². The monoisotopic (exact) mass is 472 g/mol. The number of amides is 1. The molecule has 1 N–H and O–H groups in total. The maximum atomic E-state index is 12.4. The first kappa shape index (κ1) is 23.1. The maximum Gasteiger partial charge on any atom is 0.343 e. The molecule has 0 aliphatic heterocycles. The third-order valence-electron chi connectivity index (χ3n) is 4.06. The minimum Gasteiger partial charge on any atom is -0.493 e. The van der Waals surface area contributed by atoms with Crippen LogP contribution in [0.25, 0.3) is 0 Å². The molecule has 1 amide bonds. The van der Waals surface area contributed by atoms with Gasteiger partial charge in [0.15, 0.2) is 18.1 Å². The highest BCUT2D eigenvalue weighted by molar-refractivity contribution is 6.42. The van der Waals surface area contributed by atoms with Crippen LogP contribution in [0.15, 0.2) is 71.8 Å². The van der Waals surface area contributed by atoms with Gasteiger partial charge in [0, 0.05) is 0 Å². The summed E-state index contributed by atoms with van der Waals surface area (Å²) in [5.74, 6) is 0.0719. The van der Waals surface area contributed by atoms with E-state index in [9.17, 15) is 9.59 Å². The van der Waals surface area contributed by atoms with Gasteiger partial charge in [0.1, 0.15) is 5.75 Å². The zero-order valence-corrected chi connectivity index (χ0v) is 18.4. The van der Waals surface area contributed by atoms with E-state index in [0.717, 1.165) is 0 Å². The molecule has 0 saturated carbocycles. The molecule has 3 aromatic carbocycles. The second kappa shape index (κ2) is 11.2. The first-order valence-corrected chi connectivity index (χ1v) is 10.1. The largest absolute Gasteiger partial charge is 0.493 e. The van der Waals surface area contributed by atoms with Gasteiger partial charge in [0.2, 0.25) is 0 Å². The van der Waals surface area contributed by atoms with Crippen molar-refractivity contribution in [2.45, 2.75) is 0 Å². The topological polar surface area (TPSA) is 86.2 Å².